The van der Waals surface area contributed by atoms with E-state index in [1.54, 1.807) is 6.08 Å². The molecule has 94 valence electrons. The Morgan fingerprint density at radius 2 is 2.00 bits per heavy atom. The smallest absolute Gasteiger partial charge is 0.433 e. The Kier molecular flexibility index (Phi) is 4.91. The Balaban J connectivity index is 3.14. The predicted molar refractivity (Wildman–Crippen MR) is 64.8 cm³/mol. The van der Waals surface area contributed by atoms with Gasteiger partial charge in [0.15, 0.2) is 0 Å². The maximum absolute atomic E-state index is 12.5. The summed E-state index contributed by atoms with van der Waals surface area (Å²) >= 11 is 11.1. The van der Waals surface area contributed by atoms with Gasteiger partial charge in [0.1, 0.15) is 5.75 Å². The van der Waals surface area contributed by atoms with Gasteiger partial charge in [-0.1, -0.05) is 12.1 Å². The van der Waals surface area contributed by atoms with E-state index in [1.165, 1.54) is 6.07 Å². The lowest BCUT2D eigenvalue weighted by Gasteiger charge is -2.14. The summed E-state index contributed by atoms with van der Waals surface area (Å²) in [5.41, 5.74) is -0.213. The van der Waals surface area contributed by atoms with Crippen LogP contribution in [0.4, 0.5) is 13.2 Å². The van der Waals surface area contributed by atoms with Gasteiger partial charge in [0, 0.05) is 0 Å². The van der Waals surface area contributed by atoms with Gasteiger partial charge < -0.3 is 4.43 Å². The van der Waals surface area contributed by atoms with Crippen LogP contribution in [0.2, 0.25) is 0 Å². The van der Waals surface area contributed by atoms with E-state index in [4.69, 9.17) is 26.6 Å². The van der Waals surface area contributed by atoms with Crippen LogP contribution in [-0.4, -0.2) is 7.66 Å². The van der Waals surface area contributed by atoms with Gasteiger partial charge in [0.05, 0.1) is 5.56 Å². The molecule has 0 aliphatic heterocycles. The van der Waals surface area contributed by atoms with Crippen molar-refractivity contribution in [2.24, 2.45) is 0 Å². The van der Waals surface area contributed by atoms with Crippen molar-refractivity contribution in [1.29, 1.82) is 0 Å². The van der Waals surface area contributed by atoms with Crippen molar-refractivity contribution in [2.45, 2.75) is 12.6 Å². The molecule has 0 aliphatic rings. The lowest BCUT2D eigenvalue weighted by atomic mass is 10.1. The van der Waals surface area contributed by atoms with Crippen LogP contribution in [0.5, 0.6) is 5.75 Å². The minimum Gasteiger partial charge on any atom is -0.520 e. The molecule has 1 rings (SSSR count). The number of benzene rings is 1. The minimum absolute atomic E-state index is 0.0707. The van der Waals surface area contributed by atoms with Gasteiger partial charge in [-0.05, 0) is 24.1 Å². The van der Waals surface area contributed by atoms with Crippen molar-refractivity contribution in [3.05, 3.63) is 42.0 Å². The Morgan fingerprint density at radius 3 is 2.47 bits per heavy atom. The quantitative estimate of drug-likeness (QED) is 0.464. The first-order chi connectivity index (χ1) is 7.84. The molecular formula is C10H9Cl2F3OSi. The topological polar surface area (TPSA) is 9.23 Å². The van der Waals surface area contributed by atoms with Crippen LogP contribution in [0.3, 0.4) is 0 Å². The standard InChI is InChI=1S/C10H9Cl2F3OSi/c1-2-3-7-4-5-8(10(13,14)15)6-9(7)16-17(11)12/h2,4-6,17H,1,3H2. The molecule has 0 saturated carbocycles. The highest BCUT2D eigenvalue weighted by Crippen LogP contribution is 2.33. The molecule has 0 N–H and O–H groups in total. The fraction of sp³-hybridized carbons (Fsp3) is 0.200. The van der Waals surface area contributed by atoms with Gasteiger partial charge in [-0.3, -0.25) is 0 Å². The van der Waals surface area contributed by atoms with E-state index in [1.807, 2.05) is 0 Å². The molecule has 0 atom stereocenters. The molecule has 1 aromatic rings. The first-order valence-corrected chi connectivity index (χ1v) is 8.56. The summed E-state index contributed by atoms with van der Waals surface area (Å²) in [5.74, 6) is 0.0707. The number of hydrogen-bond donors (Lipinski definition) is 0. The zero-order chi connectivity index (χ0) is 13.1. The van der Waals surface area contributed by atoms with Crippen molar-refractivity contribution in [1.82, 2.24) is 0 Å². The second-order valence-electron chi connectivity index (χ2n) is 3.19. The van der Waals surface area contributed by atoms with E-state index < -0.39 is 19.4 Å². The van der Waals surface area contributed by atoms with Crippen LogP contribution in [0.15, 0.2) is 30.9 Å². The molecule has 1 nitrogen and oxygen atoms in total. The van der Waals surface area contributed by atoms with Crippen molar-refractivity contribution < 1.29 is 17.6 Å². The van der Waals surface area contributed by atoms with Gasteiger partial charge in [-0.2, -0.15) is 13.2 Å². The summed E-state index contributed by atoms with van der Waals surface area (Å²) in [5, 5.41) is 0. The molecule has 0 aromatic heterocycles. The molecule has 0 heterocycles. The third-order valence-corrected chi connectivity index (χ3v) is 2.94. The monoisotopic (exact) mass is 300 g/mol. The lowest BCUT2D eigenvalue weighted by Crippen LogP contribution is -2.10. The van der Waals surface area contributed by atoms with Crippen LogP contribution in [0.25, 0.3) is 0 Å². The van der Waals surface area contributed by atoms with E-state index >= 15 is 0 Å². The highest BCUT2D eigenvalue weighted by atomic mass is 35.7. The summed E-state index contributed by atoms with van der Waals surface area (Å²) < 4.78 is 42.5. The summed E-state index contributed by atoms with van der Waals surface area (Å²) in [6, 6.07) is 3.23. The van der Waals surface area contributed by atoms with Crippen LogP contribution in [-0.2, 0) is 12.6 Å². The van der Waals surface area contributed by atoms with Crippen molar-refractivity contribution in [3.63, 3.8) is 0 Å². The fourth-order valence-corrected chi connectivity index (χ4v) is 2.25. The van der Waals surface area contributed by atoms with E-state index in [0.29, 0.717) is 12.0 Å². The average Bonchev–Trinajstić information content (AvgIpc) is 2.18. The molecular weight excluding hydrogens is 292 g/mol. The fourth-order valence-electron chi connectivity index (χ4n) is 1.26. The third kappa shape index (κ3) is 4.26. The molecule has 0 bridgehead atoms. The molecule has 17 heavy (non-hydrogen) atoms. The number of rotatable bonds is 4. The second-order valence-corrected chi connectivity index (χ2v) is 7.00. The van der Waals surface area contributed by atoms with Gasteiger partial charge in [0.2, 0.25) is 0 Å². The Hall–Kier alpha value is -0.653. The Bertz CT molecular complexity index is 407. The Labute approximate surface area is 108 Å². The third-order valence-electron chi connectivity index (χ3n) is 1.97. The van der Waals surface area contributed by atoms with Gasteiger partial charge in [-0.15, -0.1) is 28.7 Å². The molecule has 0 fully saturated rings. The molecule has 0 saturated heterocycles. The van der Waals surface area contributed by atoms with Crippen LogP contribution >= 0.6 is 22.2 Å². The maximum Gasteiger partial charge on any atom is 0.433 e. The number of alkyl halides is 3. The van der Waals surface area contributed by atoms with E-state index in [-0.39, 0.29) is 5.75 Å². The first kappa shape index (κ1) is 14.4. The molecule has 0 spiro atoms. The van der Waals surface area contributed by atoms with E-state index in [0.717, 1.165) is 12.1 Å². The zero-order valence-electron chi connectivity index (χ0n) is 8.60. The molecule has 0 unspecified atom stereocenters. The van der Waals surface area contributed by atoms with Gasteiger partial charge in [0.25, 0.3) is 0 Å². The zero-order valence-corrected chi connectivity index (χ0v) is 11.3. The number of hydrogen-bond acceptors (Lipinski definition) is 1. The SMILES string of the molecule is C=CCc1ccc(C(F)(F)F)cc1O[SiH](Cl)Cl. The summed E-state index contributed by atoms with van der Waals surface area (Å²) in [7, 11) is -2.48. The highest BCUT2D eigenvalue weighted by Gasteiger charge is 2.31. The van der Waals surface area contributed by atoms with Crippen molar-refractivity contribution in [2.75, 3.05) is 0 Å². The van der Waals surface area contributed by atoms with Crippen LogP contribution in [0.1, 0.15) is 11.1 Å². The molecule has 0 radical (unpaired) electrons. The van der Waals surface area contributed by atoms with Gasteiger partial charge >= 0.3 is 13.8 Å². The number of allylic oxidation sites excluding steroid dienone is 1. The average molecular weight is 301 g/mol. The minimum atomic E-state index is -4.42. The van der Waals surface area contributed by atoms with E-state index in [9.17, 15) is 13.2 Å². The highest BCUT2D eigenvalue weighted by molar-refractivity contribution is 7.31. The molecule has 0 amide bonds. The number of halogens is 5. The van der Waals surface area contributed by atoms with E-state index in [2.05, 4.69) is 6.58 Å². The van der Waals surface area contributed by atoms with Crippen LogP contribution in [0, 0.1) is 0 Å². The molecule has 1 aromatic carbocycles. The second kappa shape index (κ2) is 5.80. The normalized spacial score (nSPS) is 11.6. The predicted octanol–water partition coefficient (Wildman–Crippen LogP) is 4.01. The summed E-state index contributed by atoms with van der Waals surface area (Å²) in [6.45, 7) is 3.51. The van der Waals surface area contributed by atoms with Crippen molar-refractivity contribution in [3.8, 4) is 5.75 Å². The van der Waals surface area contributed by atoms with Crippen molar-refractivity contribution >= 4 is 29.8 Å². The first-order valence-electron chi connectivity index (χ1n) is 4.60. The van der Waals surface area contributed by atoms with Gasteiger partial charge in [-0.25, -0.2) is 0 Å². The maximum atomic E-state index is 12.5. The largest absolute Gasteiger partial charge is 0.520 e. The Morgan fingerprint density at radius 1 is 1.35 bits per heavy atom. The molecule has 0 aliphatic carbocycles. The molecule has 7 heteroatoms. The summed E-state index contributed by atoms with van der Waals surface area (Å²) in [4.78, 5) is 0. The summed E-state index contributed by atoms with van der Waals surface area (Å²) in [6.07, 6.45) is -2.46. The lowest BCUT2D eigenvalue weighted by molar-refractivity contribution is -0.137. The van der Waals surface area contributed by atoms with Crippen LogP contribution < -0.4 is 4.43 Å².